The Bertz CT molecular complexity index is 529. The average molecular weight is 297 g/mol. The molecular weight excluding hydrogens is 283 g/mol. The number of hydrogen-bond donors (Lipinski definition) is 1. The molecule has 0 fully saturated rings. The summed E-state index contributed by atoms with van der Waals surface area (Å²) in [5, 5.41) is 9.86. The van der Waals surface area contributed by atoms with Gasteiger partial charge in [0.05, 0.1) is 10.9 Å². The monoisotopic (exact) mass is 296 g/mol. The van der Waals surface area contributed by atoms with Gasteiger partial charge in [-0.15, -0.1) is 11.6 Å². The van der Waals surface area contributed by atoms with Crippen LogP contribution in [-0.2, 0) is 0 Å². The summed E-state index contributed by atoms with van der Waals surface area (Å²) in [6.07, 6.45) is -0.688. The van der Waals surface area contributed by atoms with E-state index in [1.165, 1.54) is 0 Å². The van der Waals surface area contributed by atoms with Crippen molar-refractivity contribution in [3.63, 3.8) is 0 Å². The molecule has 0 radical (unpaired) electrons. The molecule has 4 heteroatoms. The van der Waals surface area contributed by atoms with Crippen LogP contribution in [0.3, 0.4) is 0 Å². The molecule has 0 aliphatic heterocycles. The molecule has 0 aromatic heterocycles. The van der Waals surface area contributed by atoms with Gasteiger partial charge >= 0.3 is 0 Å². The Morgan fingerprint density at radius 3 is 2.42 bits per heavy atom. The predicted octanol–water partition coefficient (Wildman–Crippen LogP) is 3.99. The zero-order chi connectivity index (χ0) is 13.7. The fourth-order valence-corrected chi connectivity index (χ4v) is 1.98. The number of benzene rings is 2. The highest BCUT2D eigenvalue weighted by Crippen LogP contribution is 2.30. The average Bonchev–Trinajstić information content (AvgIpc) is 2.46. The van der Waals surface area contributed by atoms with Crippen molar-refractivity contribution in [2.45, 2.75) is 6.10 Å². The molecule has 0 bridgehead atoms. The van der Waals surface area contributed by atoms with Crippen molar-refractivity contribution in [1.29, 1.82) is 0 Å². The molecular formula is C15H14Cl2O2. The zero-order valence-corrected chi connectivity index (χ0v) is 11.7. The number of aliphatic hydroxyl groups is 1. The lowest BCUT2D eigenvalue weighted by atomic mass is 10.1. The molecule has 2 aromatic carbocycles. The quantitative estimate of drug-likeness (QED) is 0.846. The van der Waals surface area contributed by atoms with Crippen LogP contribution in [0.15, 0.2) is 48.5 Å². The lowest BCUT2D eigenvalue weighted by Gasteiger charge is -2.12. The van der Waals surface area contributed by atoms with Crippen LogP contribution in [0.1, 0.15) is 0 Å². The van der Waals surface area contributed by atoms with E-state index < -0.39 is 6.10 Å². The van der Waals surface area contributed by atoms with Crippen molar-refractivity contribution in [2.24, 2.45) is 0 Å². The molecule has 0 aliphatic rings. The van der Waals surface area contributed by atoms with Gasteiger partial charge < -0.3 is 9.84 Å². The Labute approximate surface area is 122 Å². The Balaban J connectivity index is 2.13. The first-order valence-electron chi connectivity index (χ1n) is 5.92. The van der Waals surface area contributed by atoms with Crippen molar-refractivity contribution in [1.82, 2.24) is 0 Å². The maximum Gasteiger partial charge on any atom is 0.138 e. The minimum Gasteiger partial charge on any atom is -0.489 e. The van der Waals surface area contributed by atoms with Gasteiger partial charge in [-0.1, -0.05) is 48.0 Å². The van der Waals surface area contributed by atoms with Gasteiger partial charge in [-0.25, -0.2) is 0 Å². The number of hydrogen-bond acceptors (Lipinski definition) is 2. The molecule has 2 rings (SSSR count). The van der Waals surface area contributed by atoms with Gasteiger partial charge in [0.25, 0.3) is 0 Å². The summed E-state index contributed by atoms with van der Waals surface area (Å²) in [6, 6.07) is 15.5. The van der Waals surface area contributed by atoms with Crippen molar-refractivity contribution in [2.75, 3.05) is 12.5 Å². The third kappa shape index (κ3) is 3.87. The van der Waals surface area contributed by atoms with E-state index in [0.29, 0.717) is 10.8 Å². The van der Waals surface area contributed by atoms with Crippen LogP contribution >= 0.6 is 23.2 Å². The molecule has 0 saturated carbocycles. The van der Waals surface area contributed by atoms with Crippen LogP contribution in [0.4, 0.5) is 0 Å². The molecule has 0 aliphatic carbocycles. The van der Waals surface area contributed by atoms with Crippen LogP contribution in [0.5, 0.6) is 5.75 Å². The molecule has 2 aromatic rings. The fourth-order valence-electron chi connectivity index (χ4n) is 1.66. The standard InChI is InChI=1S/C15H14Cl2O2/c16-9-13(18)10-19-15-7-6-12(8-14(15)17)11-4-2-1-3-5-11/h1-8,13,18H,9-10H2. The molecule has 100 valence electrons. The minimum absolute atomic E-state index is 0.133. The van der Waals surface area contributed by atoms with Crippen LogP contribution in [0, 0.1) is 0 Å². The molecule has 0 heterocycles. The largest absolute Gasteiger partial charge is 0.489 e. The van der Waals surface area contributed by atoms with E-state index >= 15 is 0 Å². The SMILES string of the molecule is OC(CCl)COc1ccc(-c2ccccc2)cc1Cl. The second-order valence-corrected chi connectivity index (χ2v) is 4.85. The smallest absolute Gasteiger partial charge is 0.138 e. The van der Waals surface area contributed by atoms with Crippen LogP contribution in [0.2, 0.25) is 5.02 Å². The van der Waals surface area contributed by atoms with Gasteiger partial charge in [0, 0.05) is 0 Å². The topological polar surface area (TPSA) is 29.5 Å². The number of aliphatic hydroxyl groups excluding tert-OH is 1. The fraction of sp³-hybridized carbons (Fsp3) is 0.200. The van der Waals surface area contributed by atoms with Crippen molar-refractivity contribution in [3.8, 4) is 16.9 Å². The number of halogens is 2. The summed E-state index contributed by atoms with van der Waals surface area (Å²) >= 11 is 11.7. The maximum atomic E-state index is 9.34. The number of alkyl halides is 1. The molecule has 1 unspecified atom stereocenters. The predicted molar refractivity (Wildman–Crippen MR) is 79.1 cm³/mol. The second-order valence-electron chi connectivity index (χ2n) is 4.13. The normalized spacial score (nSPS) is 12.2. The van der Waals surface area contributed by atoms with Gasteiger partial charge in [0.1, 0.15) is 18.5 Å². The number of rotatable bonds is 5. The highest BCUT2D eigenvalue weighted by molar-refractivity contribution is 6.32. The zero-order valence-electron chi connectivity index (χ0n) is 10.2. The summed E-state index contributed by atoms with van der Waals surface area (Å²) in [7, 11) is 0. The number of ether oxygens (including phenoxy) is 1. The minimum atomic E-state index is -0.688. The van der Waals surface area contributed by atoms with E-state index in [1.807, 2.05) is 42.5 Å². The molecule has 2 nitrogen and oxygen atoms in total. The summed E-state index contributed by atoms with van der Waals surface area (Å²) in [5.74, 6) is 0.685. The highest BCUT2D eigenvalue weighted by atomic mass is 35.5. The summed E-state index contributed by atoms with van der Waals surface area (Å²) in [5.41, 5.74) is 2.12. The third-order valence-electron chi connectivity index (χ3n) is 2.65. The van der Waals surface area contributed by atoms with Crippen molar-refractivity contribution >= 4 is 23.2 Å². The van der Waals surface area contributed by atoms with Gasteiger partial charge in [0.2, 0.25) is 0 Å². The summed E-state index contributed by atoms with van der Waals surface area (Å²) in [4.78, 5) is 0. The Morgan fingerprint density at radius 2 is 1.79 bits per heavy atom. The molecule has 0 amide bonds. The highest BCUT2D eigenvalue weighted by Gasteiger charge is 2.07. The van der Waals surface area contributed by atoms with Gasteiger partial charge in [0.15, 0.2) is 0 Å². The Hall–Kier alpha value is -1.22. The molecule has 1 N–H and O–H groups in total. The van der Waals surface area contributed by atoms with E-state index in [-0.39, 0.29) is 12.5 Å². The van der Waals surface area contributed by atoms with E-state index in [2.05, 4.69) is 0 Å². The van der Waals surface area contributed by atoms with Crippen molar-refractivity contribution < 1.29 is 9.84 Å². The molecule has 0 spiro atoms. The van der Waals surface area contributed by atoms with E-state index in [0.717, 1.165) is 11.1 Å². The Kier molecular flexibility index (Phi) is 5.08. The lowest BCUT2D eigenvalue weighted by molar-refractivity contribution is 0.125. The maximum absolute atomic E-state index is 9.34. The first-order chi connectivity index (χ1) is 9.20. The van der Waals surface area contributed by atoms with E-state index in [4.69, 9.17) is 27.9 Å². The van der Waals surface area contributed by atoms with Gasteiger partial charge in [-0.2, -0.15) is 0 Å². The molecule has 1 atom stereocenters. The van der Waals surface area contributed by atoms with Crippen LogP contribution in [-0.4, -0.2) is 23.7 Å². The Morgan fingerprint density at radius 1 is 1.05 bits per heavy atom. The second kappa shape index (κ2) is 6.80. The molecule has 0 saturated heterocycles. The van der Waals surface area contributed by atoms with E-state index in [1.54, 1.807) is 6.07 Å². The van der Waals surface area contributed by atoms with Gasteiger partial charge in [-0.05, 0) is 23.3 Å². The molecule has 19 heavy (non-hydrogen) atoms. The van der Waals surface area contributed by atoms with Crippen LogP contribution in [0.25, 0.3) is 11.1 Å². The van der Waals surface area contributed by atoms with E-state index in [9.17, 15) is 5.11 Å². The first-order valence-corrected chi connectivity index (χ1v) is 6.83. The summed E-state index contributed by atoms with van der Waals surface area (Å²) in [6.45, 7) is 0.133. The van der Waals surface area contributed by atoms with Gasteiger partial charge in [-0.3, -0.25) is 0 Å². The third-order valence-corrected chi connectivity index (χ3v) is 3.30. The first kappa shape index (κ1) is 14.2. The summed E-state index contributed by atoms with van der Waals surface area (Å²) < 4.78 is 5.41. The van der Waals surface area contributed by atoms with Crippen molar-refractivity contribution in [3.05, 3.63) is 53.6 Å². The lowest BCUT2D eigenvalue weighted by Crippen LogP contribution is -2.18. The van der Waals surface area contributed by atoms with Crippen LogP contribution < -0.4 is 4.74 Å².